The van der Waals surface area contributed by atoms with Crippen molar-refractivity contribution in [3.05, 3.63) is 48.8 Å². The first-order valence-electron chi connectivity index (χ1n) is 7.55. The minimum absolute atomic E-state index is 0.331. The Labute approximate surface area is 137 Å². The number of pyridine rings is 1. The highest BCUT2D eigenvalue weighted by atomic mass is 32.1. The van der Waals surface area contributed by atoms with Crippen molar-refractivity contribution in [1.82, 2.24) is 24.8 Å². The molecule has 22 heavy (non-hydrogen) atoms. The smallest absolute Gasteiger partial charge is 0.169 e. The number of nitrogens with zero attached hydrogens (tertiary/aromatic N) is 4. The summed E-state index contributed by atoms with van der Waals surface area (Å²) in [6.45, 7) is 6.80. The molecule has 0 bridgehead atoms. The van der Waals surface area contributed by atoms with Crippen LogP contribution in [0.2, 0.25) is 0 Å². The van der Waals surface area contributed by atoms with E-state index in [4.69, 9.17) is 12.2 Å². The highest BCUT2D eigenvalue weighted by Crippen LogP contribution is 2.06. The van der Waals surface area contributed by atoms with E-state index in [1.165, 1.54) is 0 Å². The maximum Gasteiger partial charge on any atom is 0.169 e. The number of aromatic nitrogens is 3. The maximum atomic E-state index is 5.54. The van der Waals surface area contributed by atoms with E-state index in [9.17, 15) is 0 Å². The van der Waals surface area contributed by atoms with Gasteiger partial charge in [-0.1, -0.05) is 6.07 Å². The molecule has 0 aliphatic heterocycles. The SMILES string of the molecule is CC(C)NC(=S)N(CCCn1ccnc1)Cc1cccnc1. The first-order chi connectivity index (χ1) is 10.6. The normalized spacial score (nSPS) is 10.7. The summed E-state index contributed by atoms with van der Waals surface area (Å²) in [6.07, 6.45) is 10.3. The van der Waals surface area contributed by atoms with E-state index in [0.717, 1.165) is 36.7 Å². The van der Waals surface area contributed by atoms with Crippen LogP contribution in [0.25, 0.3) is 0 Å². The first kappa shape index (κ1) is 16.4. The molecule has 0 fully saturated rings. The molecule has 0 atom stereocenters. The molecule has 0 aliphatic rings. The molecule has 0 amide bonds. The number of aryl methyl sites for hydroxylation is 1. The third-order valence-electron chi connectivity index (χ3n) is 3.20. The lowest BCUT2D eigenvalue weighted by Gasteiger charge is -2.27. The van der Waals surface area contributed by atoms with Crippen molar-refractivity contribution in [3.63, 3.8) is 0 Å². The van der Waals surface area contributed by atoms with E-state index >= 15 is 0 Å². The number of imidazole rings is 1. The standard InChI is InChI=1S/C16H23N5S/c1-14(2)19-16(22)21(12-15-5-3-6-17-11-15)9-4-8-20-10-7-18-13-20/h3,5-7,10-11,13-14H,4,8-9,12H2,1-2H3,(H,19,22). The third kappa shape index (κ3) is 5.44. The first-order valence-corrected chi connectivity index (χ1v) is 7.96. The van der Waals surface area contributed by atoms with Gasteiger partial charge in [0.25, 0.3) is 0 Å². The van der Waals surface area contributed by atoms with Gasteiger partial charge in [-0.05, 0) is 44.1 Å². The topological polar surface area (TPSA) is 46.0 Å². The second-order valence-corrected chi connectivity index (χ2v) is 5.93. The average molecular weight is 317 g/mol. The highest BCUT2D eigenvalue weighted by Gasteiger charge is 2.11. The molecule has 2 rings (SSSR count). The highest BCUT2D eigenvalue weighted by molar-refractivity contribution is 7.80. The molecule has 0 unspecified atom stereocenters. The van der Waals surface area contributed by atoms with E-state index in [0.29, 0.717) is 6.04 Å². The van der Waals surface area contributed by atoms with E-state index in [1.807, 2.05) is 24.8 Å². The van der Waals surface area contributed by atoms with Crippen LogP contribution in [-0.4, -0.2) is 37.1 Å². The summed E-state index contributed by atoms with van der Waals surface area (Å²) in [6, 6.07) is 4.36. The van der Waals surface area contributed by atoms with Gasteiger partial charge in [-0.3, -0.25) is 4.98 Å². The predicted octanol–water partition coefficient (Wildman–Crippen LogP) is 2.45. The van der Waals surface area contributed by atoms with Crippen LogP contribution in [0.1, 0.15) is 25.8 Å². The Balaban J connectivity index is 1.93. The molecule has 0 radical (unpaired) electrons. The van der Waals surface area contributed by atoms with Gasteiger partial charge in [-0.15, -0.1) is 0 Å². The Bertz CT molecular complexity index is 553. The molecule has 5 nitrogen and oxygen atoms in total. The molecule has 118 valence electrons. The molecule has 0 saturated heterocycles. The fourth-order valence-electron chi connectivity index (χ4n) is 2.17. The minimum atomic E-state index is 0.331. The number of nitrogens with one attached hydrogen (secondary N) is 1. The van der Waals surface area contributed by atoms with Crippen LogP contribution >= 0.6 is 12.2 Å². The van der Waals surface area contributed by atoms with E-state index in [1.54, 1.807) is 12.4 Å². The molecule has 0 aliphatic carbocycles. The molecule has 1 N–H and O–H groups in total. The second kappa shape index (κ2) is 8.48. The van der Waals surface area contributed by atoms with Crippen LogP contribution in [-0.2, 0) is 13.1 Å². The quantitative estimate of drug-likeness (QED) is 0.795. The Morgan fingerprint density at radius 2 is 2.23 bits per heavy atom. The van der Waals surface area contributed by atoms with Crippen molar-refractivity contribution in [2.75, 3.05) is 6.54 Å². The predicted molar refractivity (Wildman–Crippen MR) is 92.4 cm³/mol. The molecule has 2 heterocycles. The Morgan fingerprint density at radius 1 is 1.36 bits per heavy atom. The van der Waals surface area contributed by atoms with Crippen LogP contribution in [0, 0.1) is 0 Å². The number of rotatable bonds is 7. The van der Waals surface area contributed by atoms with Crippen LogP contribution in [0.4, 0.5) is 0 Å². The van der Waals surface area contributed by atoms with Crippen LogP contribution in [0.3, 0.4) is 0 Å². The van der Waals surface area contributed by atoms with Gasteiger partial charge in [0.15, 0.2) is 5.11 Å². The maximum absolute atomic E-state index is 5.54. The molecular formula is C16H23N5S. The van der Waals surface area contributed by atoms with Crippen molar-refractivity contribution in [1.29, 1.82) is 0 Å². The van der Waals surface area contributed by atoms with Gasteiger partial charge < -0.3 is 14.8 Å². The molecule has 0 spiro atoms. The summed E-state index contributed by atoms with van der Waals surface area (Å²) in [5.74, 6) is 0. The lowest BCUT2D eigenvalue weighted by atomic mass is 10.2. The Kier molecular flexibility index (Phi) is 6.33. The number of thiocarbonyl (C=S) groups is 1. The van der Waals surface area contributed by atoms with Gasteiger partial charge in [-0.2, -0.15) is 0 Å². The van der Waals surface area contributed by atoms with Crippen molar-refractivity contribution < 1.29 is 0 Å². The second-order valence-electron chi connectivity index (χ2n) is 5.54. The zero-order valence-electron chi connectivity index (χ0n) is 13.1. The lowest BCUT2D eigenvalue weighted by Crippen LogP contribution is -2.43. The van der Waals surface area contributed by atoms with Gasteiger partial charge in [0.1, 0.15) is 0 Å². The molecule has 0 aromatic carbocycles. The summed E-state index contributed by atoms with van der Waals surface area (Å²) in [4.78, 5) is 10.4. The minimum Gasteiger partial charge on any atom is -0.360 e. The van der Waals surface area contributed by atoms with Crippen molar-refractivity contribution in [3.8, 4) is 0 Å². The largest absolute Gasteiger partial charge is 0.360 e. The average Bonchev–Trinajstić information content (AvgIpc) is 3.00. The molecular weight excluding hydrogens is 294 g/mol. The summed E-state index contributed by atoms with van der Waals surface area (Å²) in [7, 11) is 0. The van der Waals surface area contributed by atoms with Crippen molar-refractivity contribution in [2.45, 2.75) is 39.4 Å². The molecule has 2 aromatic rings. The van der Waals surface area contributed by atoms with Gasteiger partial charge in [0, 0.05) is 50.5 Å². The Hall–Kier alpha value is -1.95. The monoisotopic (exact) mass is 317 g/mol. The molecule has 0 saturated carbocycles. The lowest BCUT2D eigenvalue weighted by molar-refractivity contribution is 0.381. The van der Waals surface area contributed by atoms with E-state index in [-0.39, 0.29) is 0 Å². The fraction of sp³-hybridized carbons (Fsp3) is 0.438. The summed E-state index contributed by atoms with van der Waals surface area (Å²) >= 11 is 5.54. The van der Waals surface area contributed by atoms with Gasteiger partial charge in [0.2, 0.25) is 0 Å². The summed E-state index contributed by atoms with van der Waals surface area (Å²) in [5, 5.41) is 4.12. The summed E-state index contributed by atoms with van der Waals surface area (Å²) in [5.41, 5.74) is 1.16. The zero-order valence-corrected chi connectivity index (χ0v) is 14.0. The van der Waals surface area contributed by atoms with Crippen molar-refractivity contribution in [2.24, 2.45) is 0 Å². The van der Waals surface area contributed by atoms with Crippen LogP contribution in [0.15, 0.2) is 43.2 Å². The van der Waals surface area contributed by atoms with Gasteiger partial charge in [-0.25, -0.2) is 4.98 Å². The van der Waals surface area contributed by atoms with E-state index in [2.05, 4.69) is 44.7 Å². The number of hydrogen-bond donors (Lipinski definition) is 1. The Morgan fingerprint density at radius 3 is 2.86 bits per heavy atom. The number of hydrogen-bond acceptors (Lipinski definition) is 3. The fourth-order valence-corrected chi connectivity index (χ4v) is 2.56. The van der Waals surface area contributed by atoms with Crippen LogP contribution < -0.4 is 5.32 Å². The molecule has 2 aromatic heterocycles. The van der Waals surface area contributed by atoms with Crippen molar-refractivity contribution >= 4 is 17.3 Å². The van der Waals surface area contributed by atoms with Crippen LogP contribution in [0.5, 0.6) is 0 Å². The van der Waals surface area contributed by atoms with Gasteiger partial charge >= 0.3 is 0 Å². The van der Waals surface area contributed by atoms with Gasteiger partial charge in [0.05, 0.1) is 6.33 Å². The summed E-state index contributed by atoms with van der Waals surface area (Å²) < 4.78 is 2.08. The van der Waals surface area contributed by atoms with E-state index < -0.39 is 0 Å². The molecule has 6 heteroatoms. The zero-order chi connectivity index (χ0) is 15.8. The third-order valence-corrected chi connectivity index (χ3v) is 3.58.